The van der Waals surface area contributed by atoms with Crippen LogP contribution in [-0.2, 0) is 33.0 Å². The SMILES string of the molecule is C=C/C=C(\C=C(\C)Cc1ccc(OC)c(/C=C/C(=O)Nc2ccc(SCc3cncn3CCC)cc2)c1)OCCOCCCC. The van der Waals surface area contributed by atoms with Gasteiger partial charge in [0.2, 0.25) is 5.91 Å². The van der Waals surface area contributed by atoms with Crippen LogP contribution in [0.4, 0.5) is 5.69 Å². The molecule has 0 fully saturated rings. The molecule has 0 aliphatic heterocycles. The molecule has 1 amide bonds. The summed E-state index contributed by atoms with van der Waals surface area (Å²) in [5, 5.41) is 2.95. The van der Waals surface area contributed by atoms with E-state index in [0.29, 0.717) is 25.4 Å². The lowest BCUT2D eigenvalue weighted by Gasteiger charge is -2.11. The molecule has 0 radical (unpaired) electrons. The number of hydrogen-bond donors (Lipinski definition) is 1. The summed E-state index contributed by atoms with van der Waals surface area (Å²) >= 11 is 1.75. The number of thioether (sulfide) groups is 1. The predicted molar refractivity (Wildman–Crippen MR) is 187 cm³/mol. The number of aromatic nitrogens is 2. The second-order valence-electron chi connectivity index (χ2n) is 10.6. The minimum absolute atomic E-state index is 0.211. The summed E-state index contributed by atoms with van der Waals surface area (Å²) in [4.78, 5) is 18.2. The number of allylic oxidation sites excluding steroid dienone is 4. The topological polar surface area (TPSA) is 74.6 Å². The molecule has 1 aromatic heterocycles. The minimum Gasteiger partial charge on any atom is -0.496 e. The molecule has 0 saturated heterocycles. The summed E-state index contributed by atoms with van der Waals surface area (Å²) in [5.41, 5.74) is 4.99. The molecular weight excluding hydrogens is 582 g/mol. The van der Waals surface area contributed by atoms with Crippen molar-refractivity contribution < 1.29 is 19.0 Å². The van der Waals surface area contributed by atoms with Crippen LogP contribution in [0, 0.1) is 0 Å². The summed E-state index contributed by atoms with van der Waals surface area (Å²) in [7, 11) is 1.63. The zero-order chi connectivity index (χ0) is 32.3. The molecule has 0 atom stereocenters. The van der Waals surface area contributed by atoms with Crippen LogP contribution >= 0.6 is 11.8 Å². The fourth-order valence-electron chi connectivity index (χ4n) is 4.51. The van der Waals surface area contributed by atoms with Crippen molar-refractivity contribution >= 4 is 29.4 Å². The van der Waals surface area contributed by atoms with Crippen LogP contribution in [0.2, 0.25) is 0 Å². The Kier molecular flexibility index (Phi) is 15.8. The molecule has 3 aromatic rings. The molecular formula is C37H47N3O4S. The lowest BCUT2D eigenvalue weighted by molar-refractivity contribution is -0.111. The second-order valence-corrected chi connectivity index (χ2v) is 11.6. The lowest BCUT2D eigenvalue weighted by atomic mass is 10.0. The third-order valence-corrected chi connectivity index (χ3v) is 7.82. The Morgan fingerprint density at radius 1 is 1.09 bits per heavy atom. The number of aryl methyl sites for hydroxylation is 1. The highest BCUT2D eigenvalue weighted by Crippen LogP contribution is 2.25. The van der Waals surface area contributed by atoms with Crippen molar-refractivity contribution in [2.75, 3.05) is 32.2 Å². The predicted octanol–water partition coefficient (Wildman–Crippen LogP) is 8.64. The van der Waals surface area contributed by atoms with E-state index < -0.39 is 0 Å². The van der Waals surface area contributed by atoms with Gasteiger partial charge in [-0.25, -0.2) is 4.98 Å². The number of amides is 1. The minimum atomic E-state index is -0.211. The number of unbranched alkanes of at least 4 members (excludes halogenated alkanes) is 1. The monoisotopic (exact) mass is 629 g/mol. The second kappa shape index (κ2) is 20.1. The quantitative estimate of drug-likeness (QED) is 0.0443. The molecule has 45 heavy (non-hydrogen) atoms. The highest BCUT2D eigenvalue weighted by Gasteiger charge is 2.07. The molecule has 0 unspecified atom stereocenters. The van der Waals surface area contributed by atoms with Crippen molar-refractivity contribution in [1.29, 1.82) is 0 Å². The maximum Gasteiger partial charge on any atom is 0.248 e. The molecule has 7 nitrogen and oxygen atoms in total. The van der Waals surface area contributed by atoms with Crippen molar-refractivity contribution in [3.63, 3.8) is 0 Å². The summed E-state index contributed by atoms with van der Waals surface area (Å²) in [6.45, 7) is 13.0. The molecule has 0 saturated carbocycles. The molecule has 2 aromatic carbocycles. The van der Waals surface area contributed by atoms with Gasteiger partial charge in [0.25, 0.3) is 0 Å². The van der Waals surface area contributed by atoms with Crippen LogP contribution in [-0.4, -0.2) is 42.4 Å². The zero-order valence-electron chi connectivity index (χ0n) is 27.1. The van der Waals surface area contributed by atoms with Crippen LogP contribution in [0.25, 0.3) is 6.08 Å². The number of imidazole rings is 1. The molecule has 0 bridgehead atoms. The number of rotatable bonds is 20. The van der Waals surface area contributed by atoms with E-state index >= 15 is 0 Å². The smallest absolute Gasteiger partial charge is 0.248 e. The van der Waals surface area contributed by atoms with Gasteiger partial charge in [0.15, 0.2) is 0 Å². The van der Waals surface area contributed by atoms with Gasteiger partial charge in [-0.2, -0.15) is 0 Å². The van der Waals surface area contributed by atoms with E-state index in [2.05, 4.69) is 42.2 Å². The van der Waals surface area contributed by atoms with E-state index in [1.54, 1.807) is 31.0 Å². The molecule has 0 spiro atoms. The van der Waals surface area contributed by atoms with Crippen molar-refractivity contribution in [2.45, 2.75) is 63.6 Å². The first-order valence-electron chi connectivity index (χ1n) is 15.5. The van der Waals surface area contributed by atoms with Crippen molar-refractivity contribution in [3.8, 4) is 5.75 Å². The Bertz CT molecular complexity index is 1440. The van der Waals surface area contributed by atoms with E-state index in [0.717, 1.165) is 71.2 Å². The summed E-state index contributed by atoms with van der Waals surface area (Å²) in [5.74, 6) is 2.08. The van der Waals surface area contributed by atoms with Gasteiger partial charge in [0.05, 0.1) is 20.0 Å². The standard InChI is InChI=1S/C37H47N3O4S/c1-6-9-20-43-21-22-44-34(10-7-2)24-29(4)23-30-11-17-36(42-5)31(25-30)12-18-37(41)39-32-13-15-35(16-14-32)45-27-33-26-38-28-40(33)19-8-3/h7,10-18,24-26,28H,2,6,8-9,19-23,27H2,1,3-5H3,(H,39,41)/b18-12+,29-24-,34-10+. The molecule has 3 rings (SSSR count). The third-order valence-electron chi connectivity index (χ3n) is 6.77. The Morgan fingerprint density at radius 3 is 2.64 bits per heavy atom. The number of anilines is 1. The van der Waals surface area contributed by atoms with E-state index in [4.69, 9.17) is 14.2 Å². The average molecular weight is 630 g/mol. The Balaban J connectivity index is 1.56. The van der Waals surface area contributed by atoms with Gasteiger partial charge in [-0.15, -0.1) is 11.8 Å². The van der Waals surface area contributed by atoms with Crippen LogP contribution in [0.3, 0.4) is 0 Å². The number of nitrogens with one attached hydrogen (secondary N) is 1. The number of carbonyl (C=O) groups is 1. The van der Waals surface area contributed by atoms with Crippen LogP contribution in [0.1, 0.15) is 56.9 Å². The van der Waals surface area contributed by atoms with E-state index in [1.165, 1.54) is 11.8 Å². The maximum absolute atomic E-state index is 12.8. The Morgan fingerprint density at radius 2 is 1.91 bits per heavy atom. The van der Waals surface area contributed by atoms with Gasteiger partial charge in [-0.3, -0.25) is 4.79 Å². The van der Waals surface area contributed by atoms with Gasteiger partial charge in [-0.05, 0) is 86.4 Å². The third kappa shape index (κ3) is 12.9. The van der Waals surface area contributed by atoms with E-state index in [1.807, 2.05) is 67.1 Å². The first kappa shape index (κ1) is 35.5. The normalized spacial score (nSPS) is 12.0. The first-order valence-corrected chi connectivity index (χ1v) is 16.5. The molecule has 0 aliphatic carbocycles. The summed E-state index contributed by atoms with van der Waals surface area (Å²) in [6.07, 6.45) is 16.7. The van der Waals surface area contributed by atoms with Crippen molar-refractivity contribution in [3.05, 3.63) is 114 Å². The molecule has 1 heterocycles. The van der Waals surface area contributed by atoms with Gasteiger partial charge >= 0.3 is 0 Å². The molecule has 0 aliphatic rings. The molecule has 240 valence electrons. The summed E-state index contributed by atoms with van der Waals surface area (Å²) < 4.78 is 19.2. The van der Waals surface area contributed by atoms with Crippen LogP contribution < -0.4 is 10.1 Å². The highest BCUT2D eigenvalue weighted by atomic mass is 32.2. The lowest BCUT2D eigenvalue weighted by Crippen LogP contribution is -2.07. The van der Waals surface area contributed by atoms with Gasteiger partial charge in [0.1, 0.15) is 18.1 Å². The fraction of sp³-hybridized carbons (Fsp3) is 0.351. The number of methoxy groups -OCH3 is 1. The number of ether oxygens (including phenoxy) is 3. The van der Waals surface area contributed by atoms with Gasteiger partial charge in [0, 0.05) is 53.0 Å². The van der Waals surface area contributed by atoms with Crippen molar-refractivity contribution in [2.24, 2.45) is 0 Å². The summed E-state index contributed by atoms with van der Waals surface area (Å²) in [6, 6.07) is 13.9. The zero-order valence-corrected chi connectivity index (χ0v) is 27.9. The van der Waals surface area contributed by atoms with Crippen LogP contribution in [0.5, 0.6) is 5.75 Å². The van der Waals surface area contributed by atoms with Crippen molar-refractivity contribution in [1.82, 2.24) is 9.55 Å². The number of nitrogens with zero attached hydrogens (tertiary/aromatic N) is 2. The molecule has 1 N–H and O–H groups in total. The molecule has 8 heteroatoms. The fourth-order valence-corrected chi connectivity index (χ4v) is 5.40. The number of carbonyl (C=O) groups excluding carboxylic acids is 1. The van der Waals surface area contributed by atoms with Gasteiger partial charge < -0.3 is 24.1 Å². The number of benzene rings is 2. The van der Waals surface area contributed by atoms with E-state index in [9.17, 15) is 4.79 Å². The first-order chi connectivity index (χ1) is 21.9. The maximum atomic E-state index is 12.8. The van der Waals surface area contributed by atoms with E-state index in [-0.39, 0.29) is 5.91 Å². The average Bonchev–Trinajstić information content (AvgIpc) is 3.48. The largest absolute Gasteiger partial charge is 0.496 e. The Labute approximate surface area is 273 Å². The van der Waals surface area contributed by atoms with Gasteiger partial charge in [-0.1, -0.05) is 44.6 Å². The highest BCUT2D eigenvalue weighted by molar-refractivity contribution is 7.98. The van der Waals surface area contributed by atoms with Crippen LogP contribution in [0.15, 0.2) is 102 Å². The Hall–Kier alpha value is -4.01. The number of hydrogen-bond acceptors (Lipinski definition) is 6.